The highest BCUT2D eigenvalue weighted by molar-refractivity contribution is 7.98. The number of nitrogen functional groups attached to an aromatic ring is 1. The molecule has 0 amide bonds. The predicted octanol–water partition coefficient (Wildman–Crippen LogP) is 4.21. The maximum Gasteiger partial charge on any atom is 0.240 e. The van der Waals surface area contributed by atoms with Crippen molar-refractivity contribution in [2.45, 2.75) is 18.7 Å². The molecule has 0 saturated carbocycles. The Bertz CT molecular complexity index is 603. The van der Waals surface area contributed by atoms with E-state index in [1.807, 2.05) is 30.5 Å². The summed E-state index contributed by atoms with van der Waals surface area (Å²) in [6.07, 6.45) is 2.01. The van der Waals surface area contributed by atoms with Crippen LogP contribution < -0.4 is 15.2 Å². The van der Waals surface area contributed by atoms with Gasteiger partial charge in [-0.15, -0.1) is 11.8 Å². The second kappa shape index (κ2) is 7.22. The van der Waals surface area contributed by atoms with E-state index in [4.69, 9.17) is 15.2 Å². The second-order valence-electron chi connectivity index (χ2n) is 5.00. The van der Waals surface area contributed by atoms with Crippen molar-refractivity contribution in [1.29, 1.82) is 0 Å². The third-order valence-electron chi connectivity index (χ3n) is 2.70. The zero-order valence-corrected chi connectivity index (χ0v) is 13.3. The average Bonchev–Trinajstić information content (AvgIpc) is 2.48. The minimum absolute atomic E-state index is 0.410. The lowest BCUT2D eigenvalue weighted by Crippen LogP contribution is -2.07. The summed E-state index contributed by atoms with van der Waals surface area (Å²) in [5, 5.41) is 0. The highest BCUT2D eigenvalue weighted by Crippen LogP contribution is 2.32. The Morgan fingerprint density at radius 2 is 1.95 bits per heavy atom. The van der Waals surface area contributed by atoms with Gasteiger partial charge in [0, 0.05) is 11.0 Å². The Morgan fingerprint density at radius 1 is 1.19 bits per heavy atom. The van der Waals surface area contributed by atoms with Crippen LogP contribution in [0.1, 0.15) is 13.8 Å². The lowest BCUT2D eigenvalue weighted by Gasteiger charge is -2.12. The standard InChI is InChI=1S/C16H20N2O2S/c1-11(2)10-19-16-12(17)8-9-15(18-16)20-13-6-4-5-7-14(13)21-3/h4-9,11H,10,17H2,1-3H3. The first-order valence-electron chi connectivity index (χ1n) is 6.80. The first-order chi connectivity index (χ1) is 10.1. The van der Waals surface area contributed by atoms with Gasteiger partial charge in [0.05, 0.1) is 12.3 Å². The molecular weight excluding hydrogens is 284 g/mol. The van der Waals surface area contributed by atoms with E-state index in [2.05, 4.69) is 18.8 Å². The number of anilines is 1. The van der Waals surface area contributed by atoms with Crippen LogP contribution in [0.25, 0.3) is 0 Å². The lowest BCUT2D eigenvalue weighted by atomic mass is 10.2. The fourth-order valence-electron chi connectivity index (χ4n) is 1.67. The molecule has 0 atom stereocenters. The Balaban J connectivity index is 2.18. The zero-order valence-electron chi connectivity index (χ0n) is 12.5. The van der Waals surface area contributed by atoms with Crippen LogP contribution in [-0.4, -0.2) is 17.8 Å². The van der Waals surface area contributed by atoms with Gasteiger partial charge in [0.2, 0.25) is 11.8 Å². The van der Waals surface area contributed by atoms with Crippen molar-refractivity contribution < 1.29 is 9.47 Å². The molecule has 5 heteroatoms. The minimum Gasteiger partial charge on any atom is -0.476 e. The SMILES string of the molecule is CSc1ccccc1Oc1ccc(N)c(OCC(C)C)n1. The molecular formula is C16H20N2O2S. The maximum absolute atomic E-state index is 5.88. The lowest BCUT2D eigenvalue weighted by molar-refractivity contribution is 0.260. The van der Waals surface area contributed by atoms with Gasteiger partial charge in [-0.1, -0.05) is 26.0 Å². The number of hydrogen-bond acceptors (Lipinski definition) is 5. The summed E-state index contributed by atoms with van der Waals surface area (Å²) in [6.45, 7) is 4.72. The van der Waals surface area contributed by atoms with Crippen molar-refractivity contribution in [3.63, 3.8) is 0 Å². The second-order valence-corrected chi connectivity index (χ2v) is 5.85. The number of ether oxygens (including phenoxy) is 2. The molecule has 1 heterocycles. The monoisotopic (exact) mass is 304 g/mol. The summed E-state index contributed by atoms with van der Waals surface area (Å²) >= 11 is 1.63. The van der Waals surface area contributed by atoms with Gasteiger partial charge in [-0.05, 0) is 30.4 Å². The van der Waals surface area contributed by atoms with Gasteiger partial charge >= 0.3 is 0 Å². The van der Waals surface area contributed by atoms with Crippen molar-refractivity contribution in [3.8, 4) is 17.5 Å². The van der Waals surface area contributed by atoms with Crippen LogP contribution in [0.15, 0.2) is 41.3 Å². The number of nitrogens with zero attached hydrogens (tertiary/aromatic N) is 1. The van der Waals surface area contributed by atoms with Crippen LogP contribution in [0.5, 0.6) is 17.5 Å². The van der Waals surface area contributed by atoms with Crippen LogP contribution in [0.4, 0.5) is 5.69 Å². The van der Waals surface area contributed by atoms with Crippen molar-refractivity contribution in [2.75, 3.05) is 18.6 Å². The minimum atomic E-state index is 0.410. The third-order valence-corrected chi connectivity index (χ3v) is 3.48. The van der Waals surface area contributed by atoms with Crippen LogP contribution >= 0.6 is 11.8 Å². The van der Waals surface area contributed by atoms with Gasteiger partial charge in [0.1, 0.15) is 5.75 Å². The van der Waals surface area contributed by atoms with Crippen LogP contribution in [0.2, 0.25) is 0 Å². The smallest absolute Gasteiger partial charge is 0.240 e. The quantitative estimate of drug-likeness (QED) is 0.810. The fourth-order valence-corrected chi connectivity index (χ4v) is 2.19. The summed E-state index contributed by atoms with van der Waals surface area (Å²) in [7, 11) is 0. The largest absolute Gasteiger partial charge is 0.476 e. The molecule has 0 aliphatic carbocycles. The normalized spacial score (nSPS) is 10.7. The molecule has 112 valence electrons. The molecule has 2 N–H and O–H groups in total. The van der Waals surface area contributed by atoms with E-state index in [0.29, 0.717) is 30.0 Å². The Hall–Kier alpha value is -1.88. The molecule has 1 aromatic heterocycles. The van der Waals surface area contributed by atoms with E-state index in [9.17, 15) is 0 Å². The number of para-hydroxylation sites is 1. The summed E-state index contributed by atoms with van der Waals surface area (Å²) in [5.41, 5.74) is 6.39. The van der Waals surface area contributed by atoms with Gasteiger partial charge in [-0.3, -0.25) is 0 Å². The molecule has 21 heavy (non-hydrogen) atoms. The van der Waals surface area contributed by atoms with Gasteiger partial charge in [0.15, 0.2) is 0 Å². The van der Waals surface area contributed by atoms with Crippen molar-refractivity contribution >= 4 is 17.4 Å². The number of hydrogen-bond donors (Lipinski definition) is 1. The van der Waals surface area contributed by atoms with Crippen molar-refractivity contribution in [2.24, 2.45) is 5.92 Å². The number of benzene rings is 1. The average molecular weight is 304 g/mol. The van der Waals surface area contributed by atoms with E-state index < -0.39 is 0 Å². The topological polar surface area (TPSA) is 57.4 Å². The van der Waals surface area contributed by atoms with Gasteiger partial charge < -0.3 is 15.2 Å². The highest BCUT2D eigenvalue weighted by Gasteiger charge is 2.09. The van der Waals surface area contributed by atoms with Gasteiger partial charge in [0.25, 0.3) is 0 Å². The van der Waals surface area contributed by atoms with E-state index in [-0.39, 0.29) is 0 Å². The van der Waals surface area contributed by atoms with Crippen LogP contribution in [0, 0.1) is 5.92 Å². The molecule has 1 aromatic carbocycles. The Morgan fingerprint density at radius 3 is 2.67 bits per heavy atom. The molecule has 0 aliphatic rings. The molecule has 0 spiro atoms. The molecule has 0 saturated heterocycles. The molecule has 0 bridgehead atoms. The molecule has 0 radical (unpaired) electrons. The van der Waals surface area contributed by atoms with E-state index in [1.54, 1.807) is 23.9 Å². The Labute approximate surface area is 129 Å². The van der Waals surface area contributed by atoms with Gasteiger partial charge in [-0.2, -0.15) is 4.98 Å². The summed E-state index contributed by atoms with van der Waals surface area (Å²) < 4.78 is 11.4. The van der Waals surface area contributed by atoms with Crippen molar-refractivity contribution in [1.82, 2.24) is 4.98 Å². The van der Waals surface area contributed by atoms with Crippen LogP contribution in [0.3, 0.4) is 0 Å². The highest BCUT2D eigenvalue weighted by atomic mass is 32.2. The summed E-state index contributed by atoms with van der Waals surface area (Å²) in [4.78, 5) is 5.39. The van der Waals surface area contributed by atoms with Crippen molar-refractivity contribution in [3.05, 3.63) is 36.4 Å². The molecule has 0 aliphatic heterocycles. The maximum atomic E-state index is 5.88. The van der Waals surface area contributed by atoms with Crippen LogP contribution in [-0.2, 0) is 0 Å². The molecule has 4 nitrogen and oxygen atoms in total. The number of nitrogens with two attached hydrogens (primary N) is 1. The number of pyridine rings is 1. The molecule has 0 fully saturated rings. The zero-order chi connectivity index (χ0) is 15.2. The third kappa shape index (κ3) is 4.29. The fraction of sp³-hybridized carbons (Fsp3) is 0.312. The molecule has 0 unspecified atom stereocenters. The summed E-state index contributed by atoms with van der Waals surface area (Å²) in [6, 6.07) is 11.3. The van der Waals surface area contributed by atoms with E-state index >= 15 is 0 Å². The van der Waals surface area contributed by atoms with E-state index in [1.165, 1.54) is 0 Å². The van der Waals surface area contributed by atoms with E-state index in [0.717, 1.165) is 10.6 Å². The van der Waals surface area contributed by atoms with Gasteiger partial charge in [-0.25, -0.2) is 0 Å². The summed E-state index contributed by atoms with van der Waals surface area (Å²) in [5.74, 6) is 2.08. The number of thioether (sulfide) groups is 1. The first kappa shape index (κ1) is 15.5. The molecule has 2 aromatic rings. The number of aromatic nitrogens is 1. The number of rotatable bonds is 6. The predicted molar refractivity (Wildman–Crippen MR) is 87.3 cm³/mol. The Kier molecular flexibility index (Phi) is 5.33. The first-order valence-corrected chi connectivity index (χ1v) is 8.03. The molecule has 2 rings (SSSR count).